The molecule has 4 heterocycles. The molecule has 10 nitrogen and oxygen atoms in total. The van der Waals surface area contributed by atoms with Crippen molar-refractivity contribution < 1.29 is 27.8 Å². The molecule has 0 bridgehead atoms. The van der Waals surface area contributed by atoms with Gasteiger partial charge in [-0.15, -0.1) is 0 Å². The van der Waals surface area contributed by atoms with Gasteiger partial charge in [0, 0.05) is 30.3 Å². The average Bonchev–Trinajstić information content (AvgIpc) is 3.41. The van der Waals surface area contributed by atoms with Crippen molar-refractivity contribution in [2.75, 3.05) is 18.5 Å². The second-order valence-electron chi connectivity index (χ2n) is 10.1. The molecule has 1 aliphatic carbocycles. The van der Waals surface area contributed by atoms with Gasteiger partial charge in [0.1, 0.15) is 17.9 Å². The van der Waals surface area contributed by atoms with Crippen molar-refractivity contribution in [1.29, 1.82) is 0 Å². The van der Waals surface area contributed by atoms with E-state index in [1.54, 1.807) is 54.6 Å². The van der Waals surface area contributed by atoms with E-state index in [1.807, 2.05) is 0 Å². The largest absolute Gasteiger partial charge is 0.487 e. The predicted molar refractivity (Wildman–Crippen MR) is 126 cm³/mol. The molecule has 192 valence electrons. The number of amides is 2. The number of hydrogen-bond acceptors (Lipinski definition) is 6. The lowest BCUT2D eigenvalue weighted by Crippen LogP contribution is -2.55. The Morgan fingerprint density at radius 2 is 2.00 bits per heavy atom. The number of ether oxygens (including phenoxy) is 2. The zero-order valence-electron chi connectivity index (χ0n) is 20.3. The molecule has 2 fully saturated rings. The molecule has 0 spiro atoms. The van der Waals surface area contributed by atoms with E-state index >= 15 is 0 Å². The number of likely N-dealkylation sites (tertiary alicyclic amines) is 1. The van der Waals surface area contributed by atoms with Crippen LogP contribution in [-0.2, 0) is 9.53 Å². The Bertz CT molecular complexity index is 1290. The number of fused-ring (bicyclic) bond motifs is 1. The van der Waals surface area contributed by atoms with Gasteiger partial charge >= 0.3 is 12.6 Å². The average molecular weight is 503 g/mol. The third-order valence-corrected chi connectivity index (χ3v) is 6.09. The van der Waals surface area contributed by atoms with Gasteiger partial charge in [-0.25, -0.2) is 9.31 Å². The second-order valence-corrected chi connectivity index (χ2v) is 10.1. The Labute approximate surface area is 206 Å². The summed E-state index contributed by atoms with van der Waals surface area (Å²) in [5.74, 6) is 0.543. The standard InChI is InChI=1S/C24H28F2N6O4/c1-24(2,3)36-23(34)30-8-7-16(30)13-35-18-12-27-32(22(25)26)20(18)15-6-9-31-17(10-15)11-19(29-31)28-21(33)14-4-5-14/h6,9-12,14,16,22H,4-5,7-8,13H2,1-3H3,(H,28,29,33)/t16-/m1/s1. The molecule has 1 saturated heterocycles. The van der Waals surface area contributed by atoms with Crippen molar-refractivity contribution >= 4 is 23.3 Å². The summed E-state index contributed by atoms with van der Waals surface area (Å²) in [5, 5.41) is 10.9. The van der Waals surface area contributed by atoms with Crippen LogP contribution in [0.5, 0.6) is 5.75 Å². The summed E-state index contributed by atoms with van der Waals surface area (Å²) < 4.78 is 41.0. The first-order valence-electron chi connectivity index (χ1n) is 11.9. The van der Waals surface area contributed by atoms with Crippen LogP contribution in [-0.4, -0.2) is 61.1 Å². The van der Waals surface area contributed by atoms with E-state index in [1.165, 1.54) is 6.20 Å². The molecule has 0 aromatic carbocycles. The number of halogens is 2. The first-order valence-corrected chi connectivity index (χ1v) is 11.9. The van der Waals surface area contributed by atoms with Crippen molar-refractivity contribution in [3.05, 3.63) is 30.6 Å². The number of carbonyl (C=O) groups is 2. The fraction of sp³-hybridized carbons (Fsp3) is 0.500. The van der Waals surface area contributed by atoms with Crippen LogP contribution < -0.4 is 10.1 Å². The molecule has 2 amide bonds. The maximum atomic E-state index is 13.8. The van der Waals surface area contributed by atoms with Gasteiger partial charge in [-0.3, -0.25) is 4.79 Å². The van der Waals surface area contributed by atoms with Crippen LogP contribution in [0.15, 0.2) is 30.6 Å². The molecule has 12 heteroatoms. The lowest BCUT2D eigenvalue weighted by molar-refractivity contribution is -0.117. The zero-order chi connectivity index (χ0) is 25.6. The van der Waals surface area contributed by atoms with Crippen molar-refractivity contribution in [1.82, 2.24) is 24.3 Å². The van der Waals surface area contributed by atoms with E-state index in [4.69, 9.17) is 9.47 Å². The molecule has 1 aliphatic heterocycles. The number of aromatic nitrogens is 4. The highest BCUT2D eigenvalue weighted by Gasteiger charge is 2.36. The summed E-state index contributed by atoms with van der Waals surface area (Å²) in [5.41, 5.74) is 0.561. The molecule has 3 aromatic heterocycles. The topological polar surface area (TPSA) is 103 Å². The van der Waals surface area contributed by atoms with E-state index in [2.05, 4.69) is 15.5 Å². The van der Waals surface area contributed by atoms with Gasteiger partial charge in [0.2, 0.25) is 5.91 Å². The Morgan fingerprint density at radius 1 is 1.22 bits per heavy atom. The van der Waals surface area contributed by atoms with Gasteiger partial charge in [-0.2, -0.15) is 23.7 Å². The summed E-state index contributed by atoms with van der Waals surface area (Å²) in [6.07, 6.45) is 4.91. The summed E-state index contributed by atoms with van der Waals surface area (Å²) >= 11 is 0. The highest BCUT2D eigenvalue weighted by atomic mass is 19.3. The highest BCUT2D eigenvalue weighted by molar-refractivity contribution is 5.93. The molecule has 0 radical (unpaired) electrons. The van der Waals surface area contributed by atoms with E-state index < -0.39 is 18.2 Å². The quantitative estimate of drug-likeness (QED) is 0.516. The van der Waals surface area contributed by atoms with Crippen LogP contribution in [0.2, 0.25) is 0 Å². The van der Waals surface area contributed by atoms with Gasteiger partial charge in [0.15, 0.2) is 11.6 Å². The first kappa shape index (κ1) is 24.0. The van der Waals surface area contributed by atoms with Crippen LogP contribution in [0.25, 0.3) is 16.8 Å². The van der Waals surface area contributed by atoms with E-state index in [9.17, 15) is 18.4 Å². The number of anilines is 1. The van der Waals surface area contributed by atoms with Crippen LogP contribution >= 0.6 is 0 Å². The van der Waals surface area contributed by atoms with Crippen LogP contribution in [0.3, 0.4) is 0 Å². The predicted octanol–water partition coefficient (Wildman–Crippen LogP) is 4.33. The highest BCUT2D eigenvalue weighted by Crippen LogP contribution is 2.35. The van der Waals surface area contributed by atoms with E-state index in [-0.39, 0.29) is 35.9 Å². The van der Waals surface area contributed by atoms with Crippen LogP contribution in [0, 0.1) is 5.92 Å². The van der Waals surface area contributed by atoms with Gasteiger partial charge < -0.3 is 19.7 Å². The minimum absolute atomic E-state index is 0.0346. The second kappa shape index (κ2) is 9.07. The number of alkyl halides is 2. The van der Waals surface area contributed by atoms with E-state index in [0.29, 0.717) is 34.5 Å². The van der Waals surface area contributed by atoms with Gasteiger partial charge in [0.25, 0.3) is 0 Å². The summed E-state index contributed by atoms with van der Waals surface area (Å²) in [6, 6.07) is 4.77. The number of nitrogens with zero attached hydrogens (tertiary/aromatic N) is 5. The number of nitrogens with one attached hydrogen (secondary N) is 1. The summed E-state index contributed by atoms with van der Waals surface area (Å²) in [6.45, 7) is 3.17. The number of pyridine rings is 1. The Morgan fingerprint density at radius 3 is 2.64 bits per heavy atom. The lowest BCUT2D eigenvalue weighted by atomic mass is 10.1. The minimum atomic E-state index is -2.88. The molecular formula is C24H28F2N6O4. The lowest BCUT2D eigenvalue weighted by Gasteiger charge is -2.40. The smallest absolute Gasteiger partial charge is 0.410 e. The van der Waals surface area contributed by atoms with Crippen molar-refractivity contribution in [2.24, 2.45) is 5.92 Å². The Balaban J connectivity index is 1.34. The van der Waals surface area contributed by atoms with Crippen LogP contribution in [0.1, 0.15) is 46.6 Å². The molecule has 5 rings (SSSR count). The molecule has 1 saturated carbocycles. The molecule has 1 N–H and O–H groups in total. The maximum Gasteiger partial charge on any atom is 0.410 e. The van der Waals surface area contributed by atoms with Gasteiger partial charge in [0.05, 0.1) is 17.8 Å². The minimum Gasteiger partial charge on any atom is -0.487 e. The molecule has 36 heavy (non-hydrogen) atoms. The van der Waals surface area contributed by atoms with Crippen molar-refractivity contribution in [3.63, 3.8) is 0 Å². The fourth-order valence-electron chi connectivity index (χ4n) is 4.01. The normalized spacial score (nSPS) is 17.8. The Kier molecular flexibility index (Phi) is 6.05. The van der Waals surface area contributed by atoms with Crippen molar-refractivity contribution in [2.45, 2.75) is 58.2 Å². The van der Waals surface area contributed by atoms with Crippen LogP contribution in [0.4, 0.5) is 19.4 Å². The van der Waals surface area contributed by atoms with Crippen molar-refractivity contribution in [3.8, 4) is 17.0 Å². The third kappa shape index (κ3) is 4.98. The number of rotatable bonds is 7. The maximum absolute atomic E-state index is 13.8. The SMILES string of the molecule is CC(C)(C)OC(=O)N1CC[C@@H]1COc1cnn(C(F)F)c1-c1ccn2nc(NC(=O)C3CC3)cc2c1. The fourth-order valence-corrected chi connectivity index (χ4v) is 4.01. The number of hydrogen-bond donors (Lipinski definition) is 1. The summed E-state index contributed by atoms with van der Waals surface area (Å²) in [7, 11) is 0. The summed E-state index contributed by atoms with van der Waals surface area (Å²) in [4.78, 5) is 26.0. The molecule has 1 atom stereocenters. The first-order chi connectivity index (χ1) is 17.1. The monoisotopic (exact) mass is 502 g/mol. The molecular weight excluding hydrogens is 474 g/mol. The third-order valence-electron chi connectivity index (χ3n) is 6.09. The number of carbonyl (C=O) groups excluding carboxylic acids is 2. The van der Waals surface area contributed by atoms with Gasteiger partial charge in [-0.05, 0) is 52.2 Å². The van der Waals surface area contributed by atoms with Gasteiger partial charge in [-0.1, -0.05) is 0 Å². The zero-order valence-corrected chi connectivity index (χ0v) is 20.3. The molecule has 0 unspecified atom stereocenters. The van der Waals surface area contributed by atoms with E-state index in [0.717, 1.165) is 12.8 Å². The Hall–Kier alpha value is -3.70. The molecule has 2 aliphatic rings. The molecule has 3 aromatic rings.